The highest BCUT2D eigenvalue weighted by molar-refractivity contribution is 9.10. The van der Waals surface area contributed by atoms with E-state index in [2.05, 4.69) is 35.1 Å². The first kappa shape index (κ1) is 25.2. The number of rotatable bonds is 10. The molecule has 0 unspecified atom stereocenters. The molecule has 0 saturated heterocycles. The SMILES string of the molecule is CCCNC(=O)[C@@H](C)N(Cc1ccccc1Cl)C(=O)COc1ccc(C(C)C)cc1Br. The summed E-state index contributed by atoms with van der Waals surface area (Å²) in [6.07, 6.45) is 0.820. The molecule has 2 aromatic carbocycles. The van der Waals surface area contributed by atoms with Crippen LogP contribution in [0.5, 0.6) is 5.75 Å². The van der Waals surface area contributed by atoms with Gasteiger partial charge in [0.25, 0.3) is 5.91 Å². The van der Waals surface area contributed by atoms with Crippen LogP contribution in [0.1, 0.15) is 51.2 Å². The summed E-state index contributed by atoms with van der Waals surface area (Å²) in [7, 11) is 0. The summed E-state index contributed by atoms with van der Waals surface area (Å²) in [5.41, 5.74) is 1.95. The van der Waals surface area contributed by atoms with Gasteiger partial charge in [-0.3, -0.25) is 9.59 Å². The van der Waals surface area contributed by atoms with Crippen molar-refractivity contribution in [1.82, 2.24) is 10.2 Å². The zero-order valence-electron chi connectivity index (χ0n) is 18.5. The largest absolute Gasteiger partial charge is 0.483 e. The molecule has 168 valence electrons. The molecule has 5 nitrogen and oxygen atoms in total. The first-order valence-corrected chi connectivity index (χ1v) is 11.6. The van der Waals surface area contributed by atoms with Gasteiger partial charge in [0.1, 0.15) is 11.8 Å². The topological polar surface area (TPSA) is 58.6 Å². The van der Waals surface area contributed by atoms with Gasteiger partial charge in [0.15, 0.2) is 6.61 Å². The molecule has 0 saturated carbocycles. The van der Waals surface area contributed by atoms with E-state index in [1.807, 2.05) is 43.3 Å². The molecule has 0 spiro atoms. The number of halogens is 2. The summed E-state index contributed by atoms with van der Waals surface area (Å²) in [6, 6.07) is 12.5. The fraction of sp³-hybridized carbons (Fsp3) is 0.417. The van der Waals surface area contributed by atoms with Crippen molar-refractivity contribution in [3.05, 3.63) is 63.1 Å². The highest BCUT2D eigenvalue weighted by atomic mass is 79.9. The average Bonchev–Trinajstić information content (AvgIpc) is 2.75. The molecular formula is C24H30BrClN2O3. The third-order valence-electron chi connectivity index (χ3n) is 4.99. The minimum atomic E-state index is -0.661. The van der Waals surface area contributed by atoms with Gasteiger partial charge >= 0.3 is 0 Å². The normalized spacial score (nSPS) is 11.8. The number of amides is 2. The van der Waals surface area contributed by atoms with Crippen molar-refractivity contribution >= 4 is 39.3 Å². The minimum Gasteiger partial charge on any atom is -0.483 e. The Balaban J connectivity index is 2.17. The standard InChI is InChI=1S/C24H30BrClN2O3/c1-5-12-27-24(30)17(4)28(14-19-8-6-7-9-21(19)26)23(29)15-31-22-11-10-18(16(2)3)13-20(22)25/h6-11,13,16-17H,5,12,14-15H2,1-4H3,(H,27,30)/t17-/m1/s1. The van der Waals surface area contributed by atoms with E-state index >= 15 is 0 Å². The van der Waals surface area contributed by atoms with Crippen LogP contribution in [0, 0.1) is 0 Å². The van der Waals surface area contributed by atoms with Crippen LogP contribution in [-0.4, -0.2) is 35.9 Å². The fourth-order valence-corrected chi connectivity index (χ4v) is 3.71. The lowest BCUT2D eigenvalue weighted by Gasteiger charge is -2.29. The predicted octanol–water partition coefficient (Wildman–Crippen LogP) is 5.55. The van der Waals surface area contributed by atoms with E-state index in [1.54, 1.807) is 13.0 Å². The highest BCUT2D eigenvalue weighted by Crippen LogP contribution is 2.29. The van der Waals surface area contributed by atoms with Crippen LogP contribution in [0.3, 0.4) is 0 Å². The maximum absolute atomic E-state index is 13.1. The predicted molar refractivity (Wildman–Crippen MR) is 128 cm³/mol. The Morgan fingerprint density at radius 2 is 1.87 bits per heavy atom. The number of benzene rings is 2. The van der Waals surface area contributed by atoms with Crippen molar-refractivity contribution in [2.75, 3.05) is 13.2 Å². The lowest BCUT2D eigenvalue weighted by molar-refractivity contribution is -0.142. The molecule has 0 fully saturated rings. The van der Waals surface area contributed by atoms with Gasteiger partial charge in [-0.25, -0.2) is 0 Å². The lowest BCUT2D eigenvalue weighted by Crippen LogP contribution is -2.49. The van der Waals surface area contributed by atoms with Crippen molar-refractivity contribution < 1.29 is 14.3 Å². The first-order valence-electron chi connectivity index (χ1n) is 10.5. The van der Waals surface area contributed by atoms with Crippen molar-refractivity contribution in [3.63, 3.8) is 0 Å². The lowest BCUT2D eigenvalue weighted by atomic mass is 10.0. The second-order valence-corrected chi connectivity index (χ2v) is 8.97. The molecule has 1 atom stereocenters. The monoisotopic (exact) mass is 508 g/mol. The number of ether oxygens (including phenoxy) is 1. The summed E-state index contributed by atoms with van der Waals surface area (Å²) < 4.78 is 6.58. The Hall–Kier alpha value is -2.05. The molecule has 0 aliphatic carbocycles. The summed E-state index contributed by atoms with van der Waals surface area (Å²) in [5.74, 6) is 0.475. The quantitative estimate of drug-likeness (QED) is 0.457. The molecule has 0 aliphatic heterocycles. The summed E-state index contributed by atoms with van der Waals surface area (Å²) in [5, 5.41) is 3.40. The van der Waals surface area contributed by atoms with Crippen LogP contribution in [0.25, 0.3) is 0 Å². The number of carbonyl (C=O) groups excluding carboxylic acids is 2. The van der Waals surface area contributed by atoms with Crippen LogP contribution < -0.4 is 10.1 Å². The fourth-order valence-electron chi connectivity index (χ4n) is 3.00. The summed E-state index contributed by atoms with van der Waals surface area (Å²) in [4.78, 5) is 27.2. The second-order valence-electron chi connectivity index (χ2n) is 7.71. The van der Waals surface area contributed by atoms with Crippen LogP contribution in [-0.2, 0) is 16.1 Å². The van der Waals surface area contributed by atoms with Crippen molar-refractivity contribution in [2.45, 2.75) is 52.6 Å². The molecule has 31 heavy (non-hydrogen) atoms. The Morgan fingerprint density at radius 1 is 1.16 bits per heavy atom. The first-order chi connectivity index (χ1) is 14.7. The Labute approximate surface area is 198 Å². The van der Waals surface area contributed by atoms with Gasteiger partial charge in [0.2, 0.25) is 5.91 Å². The van der Waals surface area contributed by atoms with E-state index in [-0.39, 0.29) is 25.0 Å². The molecule has 2 aromatic rings. The second kappa shape index (κ2) is 12.1. The van der Waals surface area contributed by atoms with E-state index in [9.17, 15) is 9.59 Å². The zero-order valence-corrected chi connectivity index (χ0v) is 20.8. The molecule has 0 aliphatic rings. The molecular weight excluding hydrogens is 480 g/mol. The summed E-state index contributed by atoms with van der Waals surface area (Å²) in [6.45, 7) is 8.52. The molecule has 2 amide bonds. The number of carbonyl (C=O) groups is 2. The summed E-state index contributed by atoms with van der Waals surface area (Å²) >= 11 is 9.81. The maximum atomic E-state index is 13.1. The van der Waals surface area contributed by atoms with Gasteiger partial charge < -0.3 is 15.0 Å². The van der Waals surface area contributed by atoms with Gasteiger partial charge in [-0.15, -0.1) is 0 Å². The van der Waals surface area contributed by atoms with Gasteiger partial charge in [0.05, 0.1) is 4.47 Å². The molecule has 0 radical (unpaired) electrons. The van der Waals surface area contributed by atoms with E-state index in [0.29, 0.717) is 23.2 Å². The number of hydrogen-bond acceptors (Lipinski definition) is 3. The van der Waals surface area contributed by atoms with E-state index in [0.717, 1.165) is 16.5 Å². The zero-order chi connectivity index (χ0) is 23.0. The molecule has 2 rings (SSSR count). The van der Waals surface area contributed by atoms with E-state index < -0.39 is 6.04 Å². The van der Waals surface area contributed by atoms with Crippen LogP contribution in [0.2, 0.25) is 5.02 Å². The maximum Gasteiger partial charge on any atom is 0.261 e. The van der Waals surface area contributed by atoms with Gasteiger partial charge in [-0.05, 0) is 64.5 Å². The van der Waals surface area contributed by atoms with Crippen molar-refractivity contribution in [3.8, 4) is 5.75 Å². The van der Waals surface area contributed by atoms with E-state index in [4.69, 9.17) is 16.3 Å². The minimum absolute atomic E-state index is 0.185. The Bertz CT molecular complexity index is 904. The molecule has 0 heterocycles. The van der Waals surface area contributed by atoms with E-state index in [1.165, 1.54) is 10.5 Å². The smallest absolute Gasteiger partial charge is 0.261 e. The Kier molecular flexibility index (Phi) is 9.85. The highest BCUT2D eigenvalue weighted by Gasteiger charge is 2.27. The molecule has 0 bridgehead atoms. The third kappa shape index (κ3) is 7.25. The number of hydrogen-bond donors (Lipinski definition) is 1. The van der Waals surface area contributed by atoms with Gasteiger partial charge in [0, 0.05) is 18.1 Å². The van der Waals surface area contributed by atoms with Crippen LogP contribution >= 0.6 is 27.5 Å². The van der Waals surface area contributed by atoms with Crippen LogP contribution in [0.15, 0.2) is 46.9 Å². The molecule has 0 aromatic heterocycles. The molecule has 1 N–H and O–H groups in total. The van der Waals surface area contributed by atoms with Crippen LogP contribution in [0.4, 0.5) is 0 Å². The van der Waals surface area contributed by atoms with Gasteiger partial charge in [-0.1, -0.05) is 56.6 Å². The number of nitrogens with zero attached hydrogens (tertiary/aromatic N) is 1. The Morgan fingerprint density at radius 3 is 2.48 bits per heavy atom. The van der Waals surface area contributed by atoms with Crippen molar-refractivity contribution in [1.29, 1.82) is 0 Å². The average molecular weight is 510 g/mol. The number of nitrogens with one attached hydrogen (secondary N) is 1. The molecule has 7 heteroatoms. The van der Waals surface area contributed by atoms with Gasteiger partial charge in [-0.2, -0.15) is 0 Å². The van der Waals surface area contributed by atoms with Crippen molar-refractivity contribution in [2.24, 2.45) is 0 Å². The third-order valence-corrected chi connectivity index (χ3v) is 5.98.